The smallest absolute Gasteiger partial charge is 0.402 e. The zero-order chi connectivity index (χ0) is 13.4. The van der Waals surface area contributed by atoms with E-state index in [0.717, 1.165) is 18.3 Å². The Balaban J connectivity index is 2.67. The van der Waals surface area contributed by atoms with E-state index in [0.29, 0.717) is 17.9 Å². The van der Waals surface area contributed by atoms with Crippen LogP contribution in [0.25, 0.3) is 0 Å². The normalized spacial score (nSPS) is 9.89. The molecule has 0 saturated carbocycles. The van der Waals surface area contributed by atoms with Crippen LogP contribution in [0, 0.1) is 0 Å². The summed E-state index contributed by atoms with van der Waals surface area (Å²) in [6.45, 7) is 1.90. The first-order valence-electron chi connectivity index (χ1n) is 6.03. The minimum absolute atomic E-state index is 0.110. The number of carbonyl (C=O) groups is 2. The van der Waals surface area contributed by atoms with Gasteiger partial charge >= 0.3 is 6.92 Å². The molecular weight excluding hydrogens is 250 g/mol. The molecule has 0 unspecified atom stereocenters. The van der Waals surface area contributed by atoms with Gasteiger partial charge in [0.1, 0.15) is 5.78 Å². The van der Waals surface area contributed by atoms with Gasteiger partial charge in [0.05, 0.1) is 0 Å². The number of hydrogen-bond donors (Lipinski definition) is 0. The summed E-state index contributed by atoms with van der Waals surface area (Å²) in [5.74, 6) is 0.110. The second kappa shape index (κ2) is 7.93. The van der Waals surface area contributed by atoms with Gasteiger partial charge < -0.3 is 9.45 Å². The van der Waals surface area contributed by atoms with Crippen LogP contribution < -0.4 is 5.46 Å². The maximum atomic E-state index is 11.7. The number of unbranched alkanes of at least 4 members (excludes halogenated alkanes) is 1. The average molecular weight is 267 g/mol. The van der Waals surface area contributed by atoms with E-state index in [4.69, 9.17) is 16.3 Å². The number of halogens is 1. The van der Waals surface area contributed by atoms with Crippen molar-refractivity contribution in [3.8, 4) is 0 Å². The van der Waals surface area contributed by atoms with Crippen LogP contribution in [0.1, 0.15) is 26.2 Å². The monoisotopic (exact) mass is 266 g/mol. The van der Waals surface area contributed by atoms with E-state index in [1.165, 1.54) is 0 Å². The van der Waals surface area contributed by atoms with Gasteiger partial charge in [-0.2, -0.15) is 0 Å². The highest BCUT2D eigenvalue weighted by Crippen LogP contribution is 2.08. The van der Waals surface area contributed by atoms with Gasteiger partial charge in [-0.1, -0.05) is 37.1 Å². The fourth-order valence-corrected chi connectivity index (χ4v) is 1.80. The maximum absolute atomic E-state index is 11.7. The van der Waals surface area contributed by atoms with E-state index >= 15 is 0 Å². The topological polar surface area (TPSA) is 43.4 Å². The predicted octanol–water partition coefficient (Wildman–Crippen LogP) is 2.47. The summed E-state index contributed by atoms with van der Waals surface area (Å²) in [7, 11) is 0. The van der Waals surface area contributed by atoms with E-state index in [-0.39, 0.29) is 12.1 Å². The van der Waals surface area contributed by atoms with Crippen LogP contribution in [0.5, 0.6) is 0 Å². The largest absolute Gasteiger partial charge is 0.533 e. The van der Waals surface area contributed by atoms with E-state index in [1.807, 2.05) is 6.92 Å². The molecule has 0 atom stereocenters. The lowest BCUT2D eigenvalue weighted by Crippen LogP contribution is -2.35. The zero-order valence-electron chi connectivity index (χ0n) is 10.4. The number of rotatable bonds is 8. The van der Waals surface area contributed by atoms with Crippen LogP contribution in [0.2, 0.25) is 11.3 Å². The molecule has 0 aromatic heterocycles. The van der Waals surface area contributed by atoms with Crippen molar-refractivity contribution in [3.05, 3.63) is 29.3 Å². The van der Waals surface area contributed by atoms with Gasteiger partial charge in [-0.05, 0) is 24.0 Å². The summed E-state index contributed by atoms with van der Waals surface area (Å²) in [6, 6.07) is 6.97. The maximum Gasteiger partial charge on any atom is 0.402 e. The van der Waals surface area contributed by atoms with E-state index in [1.54, 1.807) is 24.3 Å². The molecule has 0 amide bonds. The molecule has 1 aromatic rings. The van der Waals surface area contributed by atoms with Gasteiger partial charge in [-0.15, -0.1) is 0 Å². The molecule has 0 aliphatic rings. The standard InChI is InChI=1S/C13H16BClO3/c1-2-3-4-13(17)9-14(18-10-16)11-5-7-12(15)8-6-11/h5-8,10H,2-4,9H2,1H3. The quantitative estimate of drug-likeness (QED) is 0.536. The number of hydrogen-bond acceptors (Lipinski definition) is 3. The third-order valence-corrected chi connectivity index (χ3v) is 2.94. The molecule has 96 valence electrons. The van der Waals surface area contributed by atoms with Crippen molar-refractivity contribution in [1.29, 1.82) is 0 Å². The Kier molecular flexibility index (Phi) is 6.51. The van der Waals surface area contributed by atoms with Gasteiger partial charge in [0.25, 0.3) is 6.47 Å². The van der Waals surface area contributed by atoms with Crippen molar-refractivity contribution in [2.75, 3.05) is 0 Å². The van der Waals surface area contributed by atoms with Crippen LogP contribution in [-0.2, 0) is 14.2 Å². The van der Waals surface area contributed by atoms with Crippen molar-refractivity contribution in [3.63, 3.8) is 0 Å². The molecule has 0 fully saturated rings. The van der Waals surface area contributed by atoms with E-state index in [9.17, 15) is 9.59 Å². The summed E-state index contributed by atoms with van der Waals surface area (Å²) in [6.07, 6.45) is 2.60. The third kappa shape index (κ3) is 4.92. The number of Topliss-reactive ketones (excluding diaryl/α,β-unsaturated/α-hetero) is 1. The van der Waals surface area contributed by atoms with Crippen molar-refractivity contribution >= 4 is 36.2 Å². The summed E-state index contributed by atoms with van der Waals surface area (Å²) >= 11 is 5.79. The molecule has 0 spiro atoms. The van der Waals surface area contributed by atoms with Crippen LogP contribution in [0.4, 0.5) is 0 Å². The third-order valence-electron chi connectivity index (χ3n) is 2.68. The van der Waals surface area contributed by atoms with Crippen LogP contribution in [0.3, 0.4) is 0 Å². The number of carbonyl (C=O) groups excluding carboxylic acids is 2. The SMILES string of the molecule is CCCCC(=O)CB(OC=O)c1ccc(Cl)cc1. The molecule has 18 heavy (non-hydrogen) atoms. The summed E-state index contributed by atoms with van der Waals surface area (Å²) in [5.41, 5.74) is 0.788. The van der Waals surface area contributed by atoms with Gasteiger partial charge in [0.2, 0.25) is 0 Å². The number of benzene rings is 1. The second-order valence-electron chi connectivity index (χ2n) is 4.12. The first-order valence-corrected chi connectivity index (χ1v) is 6.41. The molecule has 1 aromatic carbocycles. The lowest BCUT2D eigenvalue weighted by Gasteiger charge is -2.10. The molecule has 3 nitrogen and oxygen atoms in total. The van der Waals surface area contributed by atoms with Crippen molar-refractivity contribution < 1.29 is 14.2 Å². The molecule has 1 rings (SSSR count). The van der Waals surface area contributed by atoms with Gasteiger partial charge in [0, 0.05) is 17.8 Å². The lowest BCUT2D eigenvalue weighted by atomic mass is 9.57. The van der Waals surface area contributed by atoms with Gasteiger partial charge in [-0.25, -0.2) is 0 Å². The predicted molar refractivity (Wildman–Crippen MR) is 73.3 cm³/mol. The van der Waals surface area contributed by atoms with Crippen molar-refractivity contribution in [2.45, 2.75) is 32.5 Å². The summed E-state index contributed by atoms with van der Waals surface area (Å²) in [5, 5.41) is 0.612. The lowest BCUT2D eigenvalue weighted by molar-refractivity contribution is -0.121. The molecule has 0 aliphatic carbocycles. The highest BCUT2D eigenvalue weighted by atomic mass is 35.5. The molecule has 5 heteroatoms. The Labute approximate surface area is 113 Å². The van der Waals surface area contributed by atoms with Gasteiger partial charge in [0.15, 0.2) is 0 Å². The second-order valence-corrected chi connectivity index (χ2v) is 4.56. The highest BCUT2D eigenvalue weighted by Gasteiger charge is 2.23. The minimum Gasteiger partial charge on any atom is -0.533 e. The Morgan fingerprint density at radius 1 is 1.39 bits per heavy atom. The van der Waals surface area contributed by atoms with Gasteiger partial charge in [-0.3, -0.25) is 4.79 Å². The number of ketones is 1. The molecule has 0 aliphatic heterocycles. The molecule has 0 heterocycles. The zero-order valence-corrected chi connectivity index (χ0v) is 11.2. The van der Waals surface area contributed by atoms with Crippen LogP contribution in [0.15, 0.2) is 24.3 Å². The Hall–Kier alpha value is -1.29. The van der Waals surface area contributed by atoms with Crippen molar-refractivity contribution in [2.24, 2.45) is 0 Å². The Morgan fingerprint density at radius 3 is 2.61 bits per heavy atom. The fourth-order valence-electron chi connectivity index (χ4n) is 1.67. The molecule has 0 saturated heterocycles. The van der Waals surface area contributed by atoms with Crippen molar-refractivity contribution in [1.82, 2.24) is 0 Å². The van der Waals surface area contributed by atoms with E-state index < -0.39 is 6.92 Å². The molecule has 0 N–H and O–H groups in total. The first kappa shape index (κ1) is 14.8. The molecule has 0 bridgehead atoms. The van der Waals surface area contributed by atoms with E-state index in [2.05, 4.69) is 0 Å². The highest BCUT2D eigenvalue weighted by molar-refractivity contribution is 6.71. The molecule has 0 radical (unpaired) electrons. The van der Waals surface area contributed by atoms with Crippen LogP contribution in [-0.4, -0.2) is 19.2 Å². The minimum atomic E-state index is -0.510. The Morgan fingerprint density at radius 2 is 2.06 bits per heavy atom. The first-order chi connectivity index (χ1) is 8.67. The summed E-state index contributed by atoms with van der Waals surface area (Å²) in [4.78, 5) is 22.2. The average Bonchev–Trinajstić information content (AvgIpc) is 2.37. The molecular formula is C13H16BClO3. The summed E-state index contributed by atoms with van der Waals surface area (Å²) < 4.78 is 4.97. The van der Waals surface area contributed by atoms with Crippen LogP contribution >= 0.6 is 11.6 Å². The fraction of sp³-hybridized carbons (Fsp3) is 0.385. The Bertz CT molecular complexity index is 392.